The van der Waals surface area contributed by atoms with Gasteiger partial charge in [0.25, 0.3) is 8.32 Å². The Balaban J connectivity index is 2.32. The van der Waals surface area contributed by atoms with Crippen LogP contribution >= 0.6 is 0 Å². The highest BCUT2D eigenvalue weighted by Gasteiger charge is 2.39. The summed E-state index contributed by atoms with van der Waals surface area (Å²) in [6, 6.07) is 16.5. The van der Waals surface area contributed by atoms with Crippen LogP contribution in [0.3, 0.4) is 0 Å². The summed E-state index contributed by atoms with van der Waals surface area (Å²) >= 11 is 0. The maximum atomic E-state index is 6.61. The van der Waals surface area contributed by atoms with Crippen molar-refractivity contribution in [3.63, 3.8) is 0 Å². The minimum Gasteiger partial charge on any atom is -0.541 e. The molecule has 3 nitrogen and oxygen atoms in total. The van der Waals surface area contributed by atoms with Crippen molar-refractivity contribution in [3.8, 4) is 11.5 Å². The van der Waals surface area contributed by atoms with E-state index in [-0.39, 0.29) is 11.1 Å². The van der Waals surface area contributed by atoms with E-state index >= 15 is 0 Å². The summed E-state index contributed by atoms with van der Waals surface area (Å²) in [5.41, 5.74) is 2.22. The van der Waals surface area contributed by atoms with Gasteiger partial charge in [0.2, 0.25) is 0 Å². The standard InChI is InChI=1S/C26H38O3Si/c1-8-9-11-18-23(28-20-21-15-12-10-13-16-21)22-17-14-19-24(25(22)27-5)29-30(6,7)26(2,3)4/h8,10,12-17,19,23H,1,9,11,18,20H2,2-7H3/t23-/m1/s1. The van der Waals surface area contributed by atoms with Gasteiger partial charge in [-0.15, -0.1) is 6.58 Å². The molecule has 0 aliphatic rings. The highest BCUT2D eigenvalue weighted by atomic mass is 28.4. The van der Waals surface area contributed by atoms with Gasteiger partial charge < -0.3 is 13.9 Å². The zero-order valence-electron chi connectivity index (χ0n) is 19.5. The van der Waals surface area contributed by atoms with Crippen molar-refractivity contribution in [3.05, 3.63) is 72.3 Å². The fourth-order valence-corrected chi connectivity index (χ4v) is 4.08. The zero-order valence-corrected chi connectivity index (χ0v) is 20.5. The van der Waals surface area contributed by atoms with Crippen molar-refractivity contribution < 1.29 is 13.9 Å². The summed E-state index contributed by atoms with van der Waals surface area (Å²) in [5, 5.41) is 0.112. The van der Waals surface area contributed by atoms with E-state index in [0.29, 0.717) is 6.61 Å². The quantitative estimate of drug-likeness (QED) is 0.209. The first-order valence-corrected chi connectivity index (χ1v) is 13.7. The van der Waals surface area contributed by atoms with Crippen molar-refractivity contribution in [2.45, 2.75) is 70.9 Å². The Hall–Kier alpha value is -2.04. The van der Waals surface area contributed by atoms with Crippen LogP contribution in [0.1, 0.15) is 57.3 Å². The average molecular weight is 427 g/mol. The highest BCUT2D eigenvalue weighted by molar-refractivity contribution is 6.74. The third-order valence-corrected chi connectivity index (χ3v) is 10.2. The van der Waals surface area contributed by atoms with Crippen molar-refractivity contribution in [1.82, 2.24) is 0 Å². The molecule has 0 N–H and O–H groups in total. The van der Waals surface area contributed by atoms with Gasteiger partial charge in [-0.25, -0.2) is 0 Å². The lowest BCUT2D eigenvalue weighted by Crippen LogP contribution is -2.44. The van der Waals surface area contributed by atoms with Gasteiger partial charge in [-0.3, -0.25) is 0 Å². The average Bonchev–Trinajstić information content (AvgIpc) is 2.70. The Morgan fingerprint density at radius 2 is 1.73 bits per heavy atom. The number of allylic oxidation sites excluding steroid dienone is 1. The topological polar surface area (TPSA) is 27.7 Å². The zero-order chi connectivity index (χ0) is 22.2. The number of rotatable bonds is 11. The van der Waals surface area contributed by atoms with Crippen molar-refractivity contribution in [1.29, 1.82) is 0 Å². The van der Waals surface area contributed by atoms with Crippen LogP contribution in [0.5, 0.6) is 11.5 Å². The number of unbranched alkanes of at least 4 members (excludes halogenated alkanes) is 1. The molecule has 164 valence electrons. The van der Waals surface area contributed by atoms with E-state index in [4.69, 9.17) is 13.9 Å². The van der Waals surface area contributed by atoms with E-state index < -0.39 is 8.32 Å². The monoisotopic (exact) mass is 426 g/mol. The van der Waals surface area contributed by atoms with Crippen LogP contribution in [-0.2, 0) is 11.3 Å². The first kappa shape index (κ1) is 24.2. The Kier molecular flexibility index (Phi) is 8.74. The molecule has 0 aromatic heterocycles. The van der Waals surface area contributed by atoms with E-state index in [1.54, 1.807) is 7.11 Å². The number of hydrogen-bond acceptors (Lipinski definition) is 3. The van der Waals surface area contributed by atoms with Crippen LogP contribution in [-0.4, -0.2) is 15.4 Å². The molecule has 0 saturated heterocycles. The molecule has 0 amide bonds. The molecule has 0 spiro atoms. The van der Waals surface area contributed by atoms with Gasteiger partial charge in [-0.2, -0.15) is 0 Å². The van der Waals surface area contributed by atoms with Gasteiger partial charge in [0.15, 0.2) is 5.75 Å². The molecular formula is C26H38O3Si. The molecular weight excluding hydrogens is 388 g/mol. The maximum Gasteiger partial charge on any atom is 0.250 e. The van der Waals surface area contributed by atoms with Crippen molar-refractivity contribution >= 4 is 8.32 Å². The van der Waals surface area contributed by atoms with Crippen LogP contribution in [0.25, 0.3) is 0 Å². The number of para-hydroxylation sites is 1. The molecule has 0 saturated carbocycles. The molecule has 30 heavy (non-hydrogen) atoms. The van der Waals surface area contributed by atoms with E-state index in [9.17, 15) is 0 Å². The Bertz CT molecular complexity index is 794. The van der Waals surface area contributed by atoms with E-state index in [1.165, 1.54) is 5.56 Å². The lowest BCUT2D eigenvalue weighted by Gasteiger charge is -2.37. The summed E-state index contributed by atoms with van der Waals surface area (Å²) in [6.07, 6.45) is 4.78. The predicted molar refractivity (Wildman–Crippen MR) is 129 cm³/mol. The van der Waals surface area contributed by atoms with Crippen molar-refractivity contribution in [2.24, 2.45) is 0 Å². The summed E-state index contributed by atoms with van der Waals surface area (Å²) in [4.78, 5) is 0. The molecule has 2 aromatic carbocycles. The second kappa shape index (κ2) is 10.8. The molecule has 0 aliphatic heterocycles. The third kappa shape index (κ3) is 6.48. The van der Waals surface area contributed by atoms with Crippen molar-refractivity contribution in [2.75, 3.05) is 7.11 Å². The van der Waals surface area contributed by atoms with Gasteiger partial charge >= 0.3 is 0 Å². The second-order valence-corrected chi connectivity index (χ2v) is 14.0. The molecule has 0 heterocycles. The number of benzene rings is 2. The summed E-state index contributed by atoms with van der Waals surface area (Å²) < 4.78 is 18.9. The number of methoxy groups -OCH3 is 1. The van der Waals surface area contributed by atoms with E-state index in [0.717, 1.165) is 36.3 Å². The lowest BCUT2D eigenvalue weighted by atomic mass is 10.0. The first-order chi connectivity index (χ1) is 14.2. The Labute approximate surface area is 184 Å². The molecule has 0 aliphatic carbocycles. The van der Waals surface area contributed by atoms with Gasteiger partial charge in [0.1, 0.15) is 5.75 Å². The smallest absolute Gasteiger partial charge is 0.250 e. The fraction of sp³-hybridized carbons (Fsp3) is 0.462. The predicted octanol–water partition coefficient (Wildman–Crippen LogP) is 7.69. The van der Waals surface area contributed by atoms with Gasteiger partial charge in [-0.1, -0.05) is 69.3 Å². The normalized spacial score (nSPS) is 13.0. The van der Waals surface area contributed by atoms with Crippen LogP contribution in [0.2, 0.25) is 18.1 Å². The van der Waals surface area contributed by atoms with Crippen LogP contribution in [0.4, 0.5) is 0 Å². The van der Waals surface area contributed by atoms with Gasteiger partial charge in [0, 0.05) is 5.56 Å². The van der Waals surface area contributed by atoms with E-state index in [1.807, 2.05) is 36.4 Å². The van der Waals surface area contributed by atoms with Gasteiger partial charge in [-0.05, 0) is 49.0 Å². The van der Waals surface area contributed by atoms with Gasteiger partial charge in [0.05, 0.1) is 19.8 Å². The minimum absolute atomic E-state index is 0.0666. The Morgan fingerprint density at radius 3 is 2.33 bits per heavy atom. The van der Waals surface area contributed by atoms with E-state index in [2.05, 4.69) is 58.6 Å². The lowest BCUT2D eigenvalue weighted by molar-refractivity contribution is 0.0310. The minimum atomic E-state index is -1.99. The molecule has 4 heteroatoms. The molecule has 0 radical (unpaired) electrons. The SMILES string of the molecule is C=CCCC[C@@H](OCc1ccccc1)c1cccc(O[Si](C)(C)C(C)(C)C)c1OC. The maximum absolute atomic E-state index is 6.61. The second-order valence-electron chi connectivity index (χ2n) is 9.25. The van der Waals surface area contributed by atoms with Crippen LogP contribution < -0.4 is 9.16 Å². The summed E-state index contributed by atoms with van der Waals surface area (Å²) in [7, 11) is -0.270. The molecule has 0 fully saturated rings. The third-order valence-electron chi connectivity index (χ3n) is 5.90. The summed E-state index contributed by atoms with van der Waals surface area (Å²) in [5.74, 6) is 1.61. The highest BCUT2D eigenvalue weighted by Crippen LogP contribution is 2.43. The number of hydrogen-bond donors (Lipinski definition) is 0. The van der Waals surface area contributed by atoms with Crippen LogP contribution in [0.15, 0.2) is 61.2 Å². The first-order valence-electron chi connectivity index (χ1n) is 10.8. The molecule has 2 rings (SSSR count). The largest absolute Gasteiger partial charge is 0.541 e. The number of ether oxygens (including phenoxy) is 2. The fourth-order valence-electron chi connectivity index (χ4n) is 3.06. The molecule has 1 atom stereocenters. The summed E-state index contributed by atoms with van der Waals surface area (Å²) in [6.45, 7) is 15.7. The van der Waals surface area contributed by atoms with Crippen LogP contribution in [0, 0.1) is 0 Å². The Morgan fingerprint density at radius 1 is 1.03 bits per heavy atom. The molecule has 0 unspecified atom stereocenters. The molecule has 2 aromatic rings. The molecule has 0 bridgehead atoms.